The molecule has 0 fully saturated rings. The summed E-state index contributed by atoms with van der Waals surface area (Å²) in [6.07, 6.45) is 3.31. The molecule has 0 saturated carbocycles. The standard InChI is InChI=1S/C16H12N4O2/c21-16(12-3-1-7-17-12)18-10-5-6-11-13(9-10)20-15(19-11)14-4-2-8-22-14/h1-9,17H,(H,18,21)(H,19,20). The molecule has 0 radical (unpaired) electrons. The first kappa shape index (κ1) is 12.5. The van der Waals surface area contributed by atoms with E-state index >= 15 is 0 Å². The molecule has 3 aromatic heterocycles. The van der Waals surface area contributed by atoms with Gasteiger partial charge in [-0.3, -0.25) is 4.79 Å². The van der Waals surface area contributed by atoms with E-state index in [1.165, 1.54) is 0 Å². The molecule has 0 spiro atoms. The zero-order valence-corrected chi connectivity index (χ0v) is 11.5. The lowest BCUT2D eigenvalue weighted by Crippen LogP contribution is -2.11. The minimum atomic E-state index is -0.189. The third-order valence-corrected chi connectivity index (χ3v) is 3.34. The number of nitrogens with one attached hydrogen (secondary N) is 3. The van der Waals surface area contributed by atoms with Crippen molar-refractivity contribution in [3.05, 3.63) is 60.6 Å². The Labute approximate surface area is 125 Å². The molecule has 3 heterocycles. The largest absolute Gasteiger partial charge is 0.461 e. The monoisotopic (exact) mass is 292 g/mol. The molecule has 0 saturated heterocycles. The number of fused-ring (bicyclic) bond motifs is 1. The Hall–Kier alpha value is -3.28. The van der Waals surface area contributed by atoms with Gasteiger partial charge in [-0.15, -0.1) is 0 Å². The number of H-pyrrole nitrogens is 2. The van der Waals surface area contributed by atoms with Gasteiger partial charge in [-0.25, -0.2) is 4.98 Å². The highest BCUT2D eigenvalue weighted by molar-refractivity contribution is 6.03. The molecule has 22 heavy (non-hydrogen) atoms. The lowest BCUT2D eigenvalue weighted by atomic mass is 10.2. The first-order chi connectivity index (χ1) is 10.8. The van der Waals surface area contributed by atoms with Crippen molar-refractivity contribution in [3.8, 4) is 11.6 Å². The average Bonchev–Trinajstić information content (AvgIpc) is 3.26. The fourth-order valence-corrected chi connectivity index (χ4v) is 2.28. The Morgan fingerprint density at radius 2 is 2.14 bits per heavy atom. The minimum Gasteiger partial charge on any atom is -0.461 e. The molecule has 6 heteroatoms. The smallest absolute Gasteiger partial charge is 0.272 e. The van der Waals surface area contributed by atoms with Crippen LogP contribution in [-0.2, 0) is 0 Å². The quantitative estimate of drug-likeness (QED) is 0.541. The Morgan fingerprint density at radius 1 is 1.18 bits per heavy atom. The van der Waals surface area contributed by atoms with Crippen molar-refractivity contribution in [2.24, 2.45) is 0 Å². The van der Waals surface area contributed by atoms with E-state index in [2.05, 4.69) is 20.3 Å². The number of aromatic nitrogens is 3. The van der Waals surface area contributed by atoms with Crippen molar-refractivity contribution in [2.45, 2.75) is 0 Å². The van der Waals surface area contributed by atoms with Gasteiger partial charge >= 0.3 is 0 Å². The molecular formula is C16H12N4O2. The first-order valence-corrected chi connectivity index (χ1v) is 6.78. The zero-order chi connectivity index (χ0) is 14.9. The number of hydrogen-bond acceptors (Lipinski definition) is 3. The van der Waals surface area contributed by atoms with E-state index in [0.717, 1.165) is 11.0 Å². The normalized spacial score (nSPS) is 10.9. The van der Waals surface area contributed by atoms with E-state index in [9.17, 15) is 4.79 Å². The minimum absolute atomic E-state index is 0.189. The van der Waals surface area contributed by atoms with Gasteiger partial charge in [-0.2, -0.15) is 0 Å². The van der Waals surface area contributed by atoms with Crippen LogP contribution in [0.25, 0.3) is 22.6 Å². The summed E-state index contributed by atoms with van der Waals surface area (Å²) in [5.41, 5.74) is 2.84. The van der Waals surface area contributed by atoms with Crippen molar-refractivity contribution < 1.29 is 9.21 Å². The van der Waals surface area contributed by atoms with E-state index in [1.54, 1.807) is 24.6 Å². The summed E-state index contributed by atoms with van der Waals surface area (Å²) in [5.74, 6) is 1.15. The van der Waals surface area contributed by atoms with Crippen LogP contribution >= 0.6 is 0 Å². The maximum absolute atomic E-state index is 12.0. The molecular weight excluding hydrogens is 280 g/mol. The number of imidazole rings is 1. The third kappa shape index (κ3) is 2.16. The fourth-order valence-electron chi connectivity index (χ4n) is 2.28. The predicted octanol–water partition coefficient (Wildman–Crippen LogP) is 3.40. The number of amides is 1. The fraction of sp³-hybridized carbons (Fsp3) is 0. The molecule has 1 aromatic carbocycles. The number of carbonyl (C=O) groups excluding carboxylic acids is 1. The Morgan fingerprint density at radius 3 is 2.91 bits per heavy atom. The van der Waals surface area contributed by atoms with Crippen LogP contribution in [0.15, 0.2) is 59.3 Å². The number of nitrogens with zero attached hydrogens (tertiary/aromatic N) is 1. The van der Waals surface area contributed by atoms with Gasteiger partial charge in [0.1, 0.15) is 5.69 Å². The molecule has 6 nitrogen and oxygen atoms in total. The summed E-state index contributed by atoms with van der Waals surface area (Å²) < 4.78 is 5.33. The van der Waals surface area contributed by atoms with Gasteiger partial charge in [0.05, 0.1) is 17.3 Å². The highest BCUT2D eigenvalue weighted by Crippen LogP contribution is 2.23. The van der Waals surface area contributed by atoms with E-state index < -0.39 is 0 Å². The highest BCUT2D eigenvalue weighted by atomic mass is 16.3. The van der Waals surface area contributed by atoms with Crippen molar-refractivity contribution in [1.82, 2.24) is 15.0 Å². The second-order valence-corrected chi connectivity index (χ2v) is 4.83. The lowest BCUT2D eigenvalue weighted by Gasteiger charge is -2.03. The van der Waals surface area contributed by atoms with Crippen LogP contribution in [0.3, 0.4) is 0 Å². The van der Waals surface area contributed by atoms with Gasteiger partial charge in [0.15, 0.2) is 11.6 Å². The number of furan rings is 1. The van der Waals surface area contributed by atoms with Crippen LogP contribution in [0.5, 0.6) is 0 Å². The molecule has 4 rings (SSSR count). The summed E-state index contributed by atoms with van der Waals surface area (Å²) >= 11 is 0. The van der Waals surface area contributed by atoms with Gasteiger partial charge in [-0.05, 0) is 42.5 Å². The van der Waals surface area contributed by atoms with Gasteiger partial charge in [0.2, 0.25) is 0 Å². The predicted molar refractivity (Wildman–Crippen MR) is 82.5 cm³/mol. The number of rotatable bonds is 3. The highest BCUT2D eigenvalue weighted by Gasteiger charge is 2.10. The second-order valence-electron chi connectivity index (χ2n) is 4.83. The van der Waals surface area contributed by atoms with Crippen LogP contribution in [-0.4, -0.2) is 20.9 Å². The van der Waals surface area contributed by atoms with E-state index in [4.69, 9.17) is 4.42 Å². The summed E-state index contributed by atoms with van der Waals surface area (Å²) in [6.45, 7) is 0. The van der Waals surface area contributed by atoms with Gasteiger partial charge in [-0.1, -0.05) is 0 Å². The summed E-state index contributed by atoms with van der Waals surface area (Å²) in [7, 11) is 0. The lowest BCUT2D eigenvalue weighted by molar-refractivity contribution is 0.102. The van der Waals surface area contributed by atoms with E-state index in [1.807, 2.05) is 30.3 Å². The first-order valence-electron chi connectivity index (χ1n) is 6.78. The topological polar surface area (TPSA) is 86.7 Å². The van der Waals surface area contributed by atoms with Crippen molar-refractivity contribution in [1.29, 1.82) is 0 Å². The number of hydrogen-bond donors (Lipinski definition) is 3. The maximum Gasteiger partial charge on any atom is 0.272 e. The number of aromatic amines is 2. The van der Waals surface area contributed by atoms with Crippen LogP contribution < -0.4 is 5.32 Å². The maximum atomic E-state index is 12.0. The average molecular weight is 292 g/mol. The Balaban J connectivity index is 1.64. The molecule has 0 aliphatic rings. The Bertz CT molecular complexity index is 921. The van der Waals surface area contributed by atoms with Crippen LogP contribution in [0.1, 0.15) is 10.5 Å². The summed E-state index contributed by atoms with van der Waals surface area (Å²) in [4.78, 5) is 22.5. The van der Waals surface area contributed by atoms with Crippen molar-refractivity contribution in [3.63, 3.8) is 0 Å². The SMILES string of the molecule is O=C(Nc1ccc2[nH]c(-c3ccco3)nc2c1)c1ccc[nH]1. The Kier molecular flexibility index (Phi) is 2.79. The molecule has 1 amide bonds. The number of benzene rings is 1. The van der Waals surface area contributed by atoms with Crippen LogP contribution in [0.4, 0.5) is 5.69 Å². The molecule has 0 atom stereocenters. The van der Waals surface area contributed by atoms with Crippen molar-refractivity contribution in [2.75, 3.05) is 5.32 Å². The van der Waals surface area contributed by atoms with E-state index in [0.29, 0.717) is 23.0 Å². The zero-order valence-electron chi connectivity index (χ0n) is 11.5. The summed E-state index contributed by atoms with van der Waals surface area (Å²) in [5, 5.41) is 2.83. The van der Waals surface area contributed by atoms with Gasteiger partial charge in [0.25, 0.3) is 5.91 Å². The molecule has 0 aliphatic heterocycles. The van der Waals surface area contributed by atoms with Gasteiger partial charge in [0, 0.05) is 11.9 Å². The summed E-state index contributed by atoms with van der Waals surface area (Å²) in [6, 6.07) is 12.7. The molecule has 0 bridgehead atoms. The third-order valence-electron chi connectivity index (χ3n) is 3.34. The molecule has 0 unspecified atom stereocenters. The van der Waals surface area contributed by atoms with Gasteiger partial charge < -0.3 is 19.7 Å². The molecule has 4 aromatic rings. The van der Waals surface area contributed by atoms with Crippen molar-refractivity contribution >= 4 is 22.6 Å². The molecule has 108 valence electrons. The number of anilines is 1. The van der Waals surface area contributed by atoms with Crippen LogP contribution in [0, 0.1) is 0 Å². The molecule has 3 N–H and O–H groups in total. The number of carbonyl (C=O) groups is 1. The molecule has 0 aliphatic carbocycles. The van der Waals surface area contributed by atoms with E-state index in [-0.39, 0.29) is 5.91 Å². The van der Waals surface area contributed by atoms with Crippen LogP contribution in [0.2, 0.25) is 0 Å². The second kappa shape index (κ2) is 4.92.